The van der Waals surface area contributed by atoms with Crippen molar-refractivity contribution in [1.29, 1.82) is 0 Å². The molecule has 67 valence electrons. The van der Waals surface area contributed by atoms with Crippen molar-refractivity contribution in [2.75, 3.05) is 6.61 Å². The zero-order chi connectivity index (χ0) is 6.53. The number of halogens is 2. The van der Waals surface area contributed by atoms with E-state index in [1.54, 1.807) is 0 Å². The molecule has 0 spiro atoms. The maximum atomic E-state index is 8.46. The van der Waals surface area contributed by atoms with Crippen molar-refractivity contribution in [2.45, 2.75) is 19.3 Å². The Kier molecular flexibility index (Phi) is 18.5. The molecule has 0 saturated carbocycles. The normalized spacial score (nSPS) is 12.2. The first kappa shape index (κ1) is 18.6. The van der Waals surface area contributed by atoms with Crippen LogP contribution in [0.3, 0.4) is 0 Å². The van der Waals surface area contributed by atoms with Gasteiger partial charge in [-0.05, 0) is 6.42 Å². The number of hydrogen-bond donors (Lipinski definition) is 1. The third-order valence-corrected chi connectivity index (χ3v) is 1.37. The molecule has 0 aliphatic heterocycles. The number of rotatable bonds is 3. The van der Waals surface area contributed by atoms with Crippen molar-refractivity contribution in [3.63, 3.8) is 0 Å². The molecule has 0 aromatic rings. The molecule has 0 heterocycles. The van der Waals surface area contributed by atoms with E-state index >= 15 is 0 Å². The molecule has 1 nitrogen and oxygen atoms in total. The Morgan fingerprint density at radius 2 is 2.08 bits per heavy atom. The summed E-state index contributed by atoms with van der Waals surface area (Å²) in [4.78, 5) is 0. The fourth-order valence-electron chi connectivity index (χ4n) is 0.891. The van der Waals surface area contributed by atoms with Gasteiger partial charge in [-0.15, -0.1) is 6.42 Å². The van der Waals surface area contributed by atoms with Crippen molar-refractivity contribution in [3.8, 4) is 0 Å². The first-order valence-corrected chi connectivity index (χ1v) is 3.30. The minimum absolute atomic E-state index is 0. The SMILES string of the molecule is OCCCC1=[C-]CC=C1.[Cl-].[Cl-].[Zr+3]. The van der Waals surface area contributed by atoms with Crippen LogP contribution in [0.25, 0.3) is 0 Å². The molecule has 1 N–H and O–H groups in total. The smallest absolute Gasteiger partial charge is 1.00 e. The number of aliphatic hydroxyl groups is 1. The van der Waals surface area contributed by atoms with Crippen LogP contribution in [-0.4, -0.2) is 11.7 Å². The maximum Gasteiger partial charge on any atom is 3.00 e. The minimum Gasteiger partial charge on any atom is -1.00 e. The summed E-state index contributed by atoms with van der Waals surface area (Å²) >= 11 is 0. The van der Waals surface area contributed by atoms with Gasteiger partial charge < -0.3 is 29.9 Å². The average Bonchev–Trinajstić information content (AvgIpc) is 2.34. The van der Waals surface area contributed by atoms with Gasteiger partial charge in [0.1, 0.15) is 0 Å². The van der Waals surface area contributed by atoms with Crippen LogP contribution in [0.5, 0.6) is 0 Å². The van der Waals surface area contributed by atoms with E-state index in [0.717, 1.165) is 19.3 Å². The van der Waals surface area contributed by atoms with Crippen LogP contribution in [0.4, 0.5) is 0 Å². The van der Waals surface area contributed by atoms with Crippen LogP contribution >= 0.6 is 0 Å². The molecule has 0 aromatic heterocycles. The Bertz CT molecular complexity index is 146. The standard InChI is InChI=1S/C8H11O.2ClH.Zr/c9-7-3-6-8-4-1-2-5-8;;;/h1,4,9H,2-3,6-7H2;2*1H;/q-1;;;+3/p-2. The monoisotopic (exact) mass is 283 g/mol. The molecule has 0 unspecified atom stereocenters. The quantitative estimate of drug-likeness (QED) is 0.518. The summed E-state index contributed by atoms with van der Waals surface area (Å²) in [5.41, 5.74) is 1.25. The van der Waals surface area contributed by atoms with Crippen molar-refractivity contribution in [3.05, 3.63) is 23.8 Å². The topological polar surface area (TPSA) is 20.2 Å². The molecule has 0 atom stereocenters. The second kappa shape index (κ2) is 11.9. The first-order chi connectivity index (χ1) is 4.43. The Morgan fingerprint density at radius 1 is 1.42 bits per heavy atom. The van der Waals surface area contributed by atoms with Gasteiger partial charge in [-0.3, -0.25) is 6.08 Å². The summed E-state index contributed by atoms with van der Waals surface area (Å²) in [7, 11) is 0. The molecular weight excluding hydrogens is 274 g/mol. The van der Waals surface area contributed by atoms with Gasteiger partial charge in [0.15, 0.2) is 0 Å². The zero-order valence-corrected chi connectivity index (χ0v) is 10.7. The third kappa shape index (κ3) is 7.55. The van der Waals surface area contributed by atoms with Gasteiger partial charge in [0.05, 0.1) is 0 Å². The average molecular weight is 285 g/mol. The van der Waals surface area contributed by atoms with Gasteiger partial charge >= 0.3 is 26.2 Å². The summed E-state index contributed by atoms with van der Waals surface area (Å²) in [5.74, 6) is 0. The summed E-state index contributed by atoms with van der Waals surface area (Å²) in [6.07, 6.45) is 10.2. The maximum absolute atomic E-state index is 8.46. The van der Waals surface area contributed by atoms with Gasteiger partial charge in [-0.25, -0.2) is 11.6 Å². The van der Waals surface area contributed by atoms with E-state index < -0.39 is 0 Å². The molecule has 1 rings (SSSR count). The van der Waals surface area contributed by atoms with E-state index in [0.29, 0.717) is 6.61 Å². The fraction of sp³-hybridized carbons (Fsp3) is 0.500. The summed E-state index contributed by atoms with van der Waals surface area (Å²) in [6, 6.07) is 0. The van der Waals surface area contributed by atoms with E-state index in [4.69, 9.17) is 5.11 Å². The fourth-order valence-corrected chi connectivity index (χ4v) is 0.891. The van der Waals surface area contributed by atoms with E-state index in [1.807, 2.05) is 0 Å². The molecule has 0 fully saturated rings. The van der Waals surface area contributed by atoms with Gasteiger partial charge in [-0.1, -0.05) is 6.42 Å². The number of hydrogen-bond acceptors (Lipinski definition) is 1. The van der Waals surface area contributed by atoms with Crippen LogP contribution < -0.4 is 24.8 Å². The predicted octanol–water partition coefficient (Wildman–Crippen LogP) is -4.55. The molecule has 12 heavy (non-hydrogen) atoms. The second-order valence-electron chi connectivity index (χ2n) is 2.14. The van der Waals surface area contributed by atoms with E-state index in [1.165, 1.54) is 5.57 Å². The summed E-state index contributed by atoms with van der Waals surface area (Å²) in [5, 5.41) is 8.46. The summed E-state index contributed by atoms with van der Waals surface area (Å²) in [6.45, 7) is 0.291. The van der Waals surface area contributed by atoms with Gasteiger partial charge in [-0.2, -0.15) is 6.08 Å². The zero-order valence-electron chi connectivity index (χ0n) is 6.69. The van der Waals surface area contributed by atoms with Crippen LogP contribution in [0.1, 0.15) is 19.3 Å². The second-order valence-corrected chi connectivity index (χ2v) is 2.14. The number of aliphatic hydroxyl groups excluding tert-OH is 1. The molecular formula is C8H11Cl2OZr. The van der Waals surface area contributed by atoms with Crippen LogP contribution in [0.15, 0.2) is 17.7 Å². The molecule has 0 amide bonds. The van der Waals surface area contributed by atoms with Gasteiger partial charge in [0.25, 0.3) is 0 Å². The predicted molar refractivity (Wildman–Crippen MR) is 36.8 cm³/mol. The van der Waals surface area contributed by atoms with Crippen LogP contribution in [0, 0.1) is 6.08 Å². The van der Waals surface area contributed by atoms with Crippen LogP contribution in [-0.2, 0) is 26.2 Å². The Labute approximate surface area is 105 Å². The van der Waals surface area contributed by atoms with E-state index in [9.17, 15) is 0 Å². The third-order valence-electron chi connectivity index (χ3n) is 1.37. The van der Waals surface area contributed by atoms with Crippen molar-refractivity contribution in [2.24, 2.45) is 0 Å². The molecule has 4 heteroatoms. The molecule has 1 aliphatic carbocycles. The van der Waals surface area contributed by atoms with Crippen LogP contribution in [0.2, 0.25) is 0 Å². The van der Waals surface area contributed by atoms with E-state index in [2.05, 4.69) is 18.2 Å². The number of allylic oxidation sites excluding steroid dienone is 4. The largest absolute Gasteiger partial charge is 3.00 e. The molecule has 1 radical (unpaired) electrons. The Hall–Kier alpha value is 0.903. The van der Waals surface area contributed by atoms with Gasteiger partial charge in [0.2, 0.25) is 0 Å². The van der Waals surface area contributed by atoms with Crippen molar-refractivity contribution in [1.82, 2.24) is 0 Å². The molecule has 0 saturated heterocycles. The van der Waals surface area contributed by atoms with E-state index in [-0.39, 0.29) is 51.0 Å². The molecule has 0 aromatic carbocycles. The Morgan fingerprint density at radius 3 is 2.50 bits per heavy atom. The van der Waals surface area contributed by atoms with Crippen molar-refractivity contribution < 1.29 is 56.1 Å². The van der Waals surface area contributed by atoms with Gasteiger partial charge in [0, 0.05) is 6.61 Å². The first-order valence-electron chi connectivity index (χ1n) is 3.30. The minimum atomic E-state index is 0. The molecule has 0 bridgehead atoms. The molecule has 1 aliphatic rings. The Balaban J connectivity index is -0.000000270. The summed E-state index contributed by atoms with van der Waals surface area (Å²) < 4.78 is 0. The van der Waals surface area contributed by atoms with Crippen molar-refractivity contribution >= 4 is 0 Å².